The van der Waals surface area contributed by atoms with Crippen molar-refractivity contribution in [1.29, 1.82) is 5.26 Å². The van der Waals surface area contributed by atoms with Gasteiger partial charge >= 0.3 is 0 Å². The Morgan fingerprint density at radius 1 is 1.53 bits per heavy atom. The number of hydrogen-bond donors (Lipinski definition) is 2. The standard InChI is InChI=1S/C12H17N3OS/c1-3-5-6-15-12-8(7-13)10(14)11(17-12)9(16)4-2/h15H,3-6,14H2,1-2H3. The van der Waals surface area contributed by atoms with Crippen LogP contribution in [0.4, 0.5) is 10.7 Å². The number of nitrogens with zero attached hydrogens (tertiary/aromatic N) is 1. The van der Waals surface area contributed by atoms with Crippen LogP contribution in [0, 0.1) is 11.3 Å². The highest BCUT2D eigenvalue weighted by atomic mass is 32.1. The lowest BCUT2D eigenvalue weighted by molar-refractivity contribution is 0.0993. The number of rotatable bonds is 6. The molecule has 17 heavy (non-hydrogen) atoms. The Balaban J connectivity index is 2.98. The molecule has 0 aliphatic carbocycles. The Morgan fingerprint density at radius 3 is 2.76 bits per heavy atom. The minimum atomic E-state index is -0.00691. The Bertz CT molecular complexity index is 445. The number of nitrogens with two attached hydrogens (primary N) is 1. The minimum Gasteiger partial charge on any atom is -0.396 e. The fourth-order valence-corrected chi connectivity index (χ4v) is 2.53. The molecule has 3 N–H and O–H groups in total. The van der Waals surface area contributed by atoms with Gasteiger partial charge in [-0.1, -0.05) is 20.3 Å². The third kappa shape index (κ3) is 2.98. The molecule has 1 heterocycles. The Morgan fingerprint density at radius 2 is 2.24 bits per heavy atom. The average molecular weight is 251 g/mol. The van der Waals surface area contributed by atoms with E-state index in [1.54, 1.807) is 6.92 Å². The molecule has 0 spiro atoms. The van der Waals surface area contributed by atoms with Crippen molar-refractivity contribution in [2.75, 3.05) is 17.6 Å². The van der Waals surface area contributed by atoms with Crippen LogP contribution in [0.2, 0.25) is 0 Å². The van der Waals surface area contributed by atoms with Gasteiger partial charge in [0.2, 0.25) is 0 Å². The molecule has 0 fully saturated rings. The predicted molar refractivity (Wildman–Crippen MR) is 71.5 cm³/mol. The molecule has 0 aliphatic rings. The van der Waals surface area contributed by atoms with Crippen LogP contribution in [0.5, 0.6) is 0 Å². The molecule has 1 aromatic heterocycles. The maximum absolute atomic E-state index is 11.6. The van der Waals surface area contributed by atoms with Crippen molar-refractivity contribution in [3.05, 3.63) is 10.4 Å². The van der Waals surface area contributed by atoms with Crippen molar-refractivity contribution in [3.8, 4) is 6.07 Å². The van der Waals surface area contributed by atoms with Gasteiger partial charge < -0.3 is 11.1 Å². The smallest absolute Gasteiger partial charge is 0.174 e. The van der Waals surface area contributed by atoms with Crippen LogP contribution >= 0.6 is 11.3 Å². The zero-order valence-corrected chi connectivity index (χ0v) is 11.0. The summed E-state index contributed by atoms with van der Waals surface area (Å²) in [6.45, 7) is 4.68. The number of nitrogen functional groups attached to an aromatic ring is 1. The summed E-state index contributed by atoms with van der Waals surface area (Å²) < 4.78 is 0. The molecular weight excluding hydrogens is 234 g/mol. The molecule has 0 aromatic carbocycles. The first-order chi connectivity index (χ1) is 8.15. The molecule has 0 unspecified atom stereocenters. The number of hydrogen-bond acceptors (Lipinski definition) is 5. The molecule has 5 heteroatoms. The lowest BCUT2D eigenvalue weighted by atomic mass is 10.2. The summed E-state index contributed by atoms with van der Waals surface area (Å²) in [5.41, 5.74) is 6.55. The highest BCUT2D eigenvalue weighted by molar-refractivity contribution is 7.19. The van der Waals surface area contributed by atoms with Gasteiger partial charge in [-0.05, 0) is 6.42 Å². The highest BCUT2D eigenvalue weighted by Crippen LogP contribution is 2.35. The summed E-state index contributed by atoms with van der Waals surface area (Å²) in [6.07, 6.45) is 2.51. The minimum absolute atomic E-state index is 0.00691. The van der Waals surface area contributed by atoms with Gasteiger partial charge in [-0.2, -0.15) is 5.26 Å². The molecule has 0 radical (unpaired) electrons. The van der Waals surface area contributed by atoms with Gasteiger partial charge in [-0.25, -0.2) is 0 Å². The topological polar surface area (TPSA) is 78.9 Å². The molecule has 1 aromatic rings. The van der Waals surface area contributed by atoms with Gasteiger partial charge in [-0.15, -0.1) is 11.3 Å². The van der Waals surface area contributed by atoms with Crippen LogP contribution in [-0.2, 0) is 0 Å². The lowest BCUT2D eigenvalue weighted by Gasteiger charge is -2.01. The molecule has 0 atom stereocenters. The first-order valence-electron chi connectivity index (χ1n) is 5.75. The summed E-state index contributed by atoms with van der Waals surface area (Å²) in [6, 6.07) is 2.06. The van der Waals surface area contributed by atoms with Crippen molar-refractivity contribution >= 4 is 27.8 Å². The zero-order valence-electron chi connectivity index (χ0n) is 10.2. The van der Waals surface area contributed by atoms with E-state index in [4.69, 9.17) is 11.0 Å². The Kier molecular flexibility index (Phi) is 4.98. The number of nitriles is 1. The van der Waals surface area contributed by atoms with Crippen LogP contribution in [0.15, 0.2) is 0 Å². The number of carbonyl (C=O) groups is 1. The van der Waals surface area contributed by atoms with E-state index in [0.717, 1.165) is 24.4 Å². The van der Waals surface area contributed by atoms with Crippen molar-refractivity contribution in [2.24, 2.45) is 0 Å². The monoisotopic (exact) mass is 251 g/mol. The maximum atomic E-state index is 11.6. The maximum Gasteiger partial charge on any atom is 0.174 e. The van der Waals surface area contributed by atoms with E-state index in [1.165, 1.54) is 11.3 Å². The van der Waals surface area contributed by atoms with Gasteiger partial charge in [0, 0.05) is 13.0 Å². The van der Waals surface area contributed by atoms with Gasteiger partial charge in [0.1, 0.15) is 16.6 Å². The largest absolute Gasteiger partial charge is 0.396 e. The SMILES string of the molecule is CCCCNc1sc(C(=O)CC)c(N)c1C#N. The number of unbranched alkanes of at least 4 members (excludes halogenated alkanes) is 1. The molecular formula is C12H17N3OS. The highest BCUT2D eigenvalue weighted by Gasteiger charge is 2.19. The van der Waals surface area contributed by atoms with E-state index in [-0.39, 0.29) is 5.78 Å². The molecule has 92 valence electrons. The fraction of sp³-hybridized carbons (Fsp3) is 0.500. The van der Waals surface area contributed by atoms with Crippen LogP contribution in [-0.4, -0.2) is 12.3 Å². The van der Waals surface area contributed by atoms with Crippen molar-refractivity contribution < 1.29 is 4.79 Å². The van der Waals surface area contributed by atoms with Crippen molar-refractivity contribution in [3.63, 3.8) is 0 Å². The van der Waals surface area contributed by atoms with Gasteiger partial charge in [0.25, 0.3) is 0 Å². The van der Waals surface area contributed by atoms with E-state index in [9.17, 15) is 4.79 Å². The normalized spacial score (nSPS) is 9.94. The second-order valence-corrected chi connectivity index (χ2v) is 4.74. The van der Waals surface area contributed by atoms with E-state index >= 15 is 0 Å². The Labute approximate surface area is 105 Å². The van der Waals surface area contributed by atoms with Crippen molar-refractivity contribution in [2.45, 2.75) is 33.1 Å². The van der Waals surface area contributed by atoms with Crippen LogP contribution < -0.4 is 11.1 Å². The van der Waals surface area contributed by atoms with Gasteiger partial charge in [-0.3, -0.25) is 4.79 Å². The predicted octanol–water partition coefficient (Wildman–Crippen LogP) is 3.01. The van der Waals surface area contributed by atoms with Crippen LogP contribution in [0.25, 0.3) is 0 Å². The zero-order chi connectivity index (χ0) is 12.8. The molecule has 0 amide bonds. The summed E-state index contributed by atoms with van der Waals surface area (Å²) in [4.78, 5) is 12.1. The number of ketones is 1. The first-order valence-corrected chi connectivity index (χ1v) is 6.56. The van der Waals surface area contributed by atoms with E-state index in [1.807, 2.05) is 0 Å². The van der Waals surface area contributed by atoms with E-state index < -0.39 is 0 Å². The second-order valence-electron chi connectivity index (χ2n) is 3.72. The van der Waals surface area contributed by atoms with E-state index in [0.29, 0.717) is 22.5 Å². The van der Waals surface area contributed by atoms with E-state index in [2.05, 4.69) is 18.3 Å². The number of Topliss-reactive ketones (excluding diaryl/α,β-unsaturated/α-hetero) is 1. The average Bonchev–Trinajstić information content (AvgIpc) is 2.65. The quantitative estimate of drug-likeness (QED) is 0.601. The van der Waals surface area contributed by atoms with Crippen LogP contribution in [0.1, 0.15) is 48.3 Å². The van der Waals surface area contributed by atoms with Gasteiger partial charge in [0.05, 0.1) is 10.6 Å². The third-order valence-electron chi connectivity index (χ3n) is 2.45. The number of thiophene rings is 1. The third-order valence-corrected chi connectivity index (χ3v) is 3.65. The second kappa shape index (κ2) is 6.26. The lowest BCUT2D eigenvalue weighted by Crippen LogP contribution is -2.01. The molecule has 0 saturated carbocycles. The number of anilines is 2. The number of nitrogens with one attached hydrogen (secondary N) is 1. The number of carbonyl (C=O) groups excluding carboxylic acids is 1. The first kappa shape index (κ1) is 13.5. The van der Waals surface area contributed by atoms with Gasteiger partial charge in [0.15, 0.2) is 5.78 Å². The molecule has 1 rings (SSSR count). The van der Waals surface area contributed by atoms with Crippen molar-refractivity contribution in [1.82, 2.24) is 0 Å². The molecule has 0 bridgehead atoms. The molecule has 4 nitrogen and oxygen atoms in total. The van der Waals surface area contributed by atoms with Crippen LogP contribution in [0.3, 0.4) is 0 Å². The Hall–Kier alpha value is -1.54. The summed E-state index contributed by atoms with van der Waals surface area (Å²) in [7, 11) is 0. The summed E-state index contributed by atoms with van der Waals surface area (Å²) in [5.74, 6) is -0.00691. The summed E-state index contributed by atoms with van der Waals surface area (Å²) >= 11 is 1.29. The summed E-state index contributed by atoms with van der Waals surface area (Å²) in [5, 5.41) is 12.9. The fourth-order valence-electron chi connectivity index (χ4n) is 1.43. The molecule has 0 saturated heterocycles. The molecule has 0 aliphatic heterocycles.